The first-order chi connectivity index (χ1) is 8.36. The van der Waals surface area contributed by atoms with Gasteiger partial charge in [-0.15, -0.1) is 0 Å². The predicted molar refractivity (Wildman–Crippen MR) is 66.2 cm³/mol. The molecule has 1 aromatic carbocycles. The Kier molecular flexibility index (Phi) is 4.09. The average molecular weight is 237 g/mol. The Morgan fingerprint density at radius 2 is 2.12 bits per heavy atom. The molecule has 1 aromatic rings. The molecule has 0 bridgehead atoms. The third-order valence-electron chi connectivity index (χ3n) is 2.80. The summed E-state index contributed by atoms with van der Waals surface area (Å²) in [5, 5.41) is 3.13. The van der Waals surface area contributed by atoms with Crippen molar-refractivity contribution in [2.45, 2.75) is 12.8 Å². The molecule has 0 saturated heterocycles. The average Bonchev–Trinajstić information content (AvgIpc) is 2.60. The van der Waals surface area contributed by atoms with Gasteiger partial charge < -0.3 is 19.5 Å². The number of benzene rings is 1. The molecule has 0 aliphatic carbocycles. The summed E-state index contributed by atoms with van der Waals surface area (Å²) in [5.74, 6) is 2.34. The molecule has 1 aliphatic rings. The van der Waals surface area contributed by atoms with Gasteiger partial charge in [0.2, 0.25) is 5.75 Å². The van der Waals surface area contributed by atoms with Gasteiger partial charge in [-0.1, -0.05) is 6.07 Å². The van der Waals surface area contributed by atoms with Gasteiger partial charge in [-0.3, -0.25) is 0 Å². The zero-order valence-electron chi connectivity index (χ0n) is 10.4. The highest BCUT2D eigenvalue weighted by Gasteiger charge is 2.18. The minimum absolute atomic E-state index is 0.679. The molecular formula is C13H19NO3. The lowest BCUT2D eigenvalue weighted by Gasteiger charge is -2.15. The third kappa shape index (κ3) is 2.64. The monoisotopic (exact) mass is 237 g/mol. The Hall–Kier alpha value is -1.42. The van der Waals surface area contributed by atoms with E-state index in [4.69, 9.17) is 14.2 Å². The smallest absolute Gasteiger partial charge is 0.203 e. The normalized spacial score (nSPS) is 14.2. The fourth-order valence-corrected chi connectivity index (χ4v) is 1.93. The summed E-state index contributed by atoms with van der Waals surface area (Å²) in [6.45, 7) is 2.29. The molecule has 0 spiro atoms. The van der Waals surface area contributed by atoms with E-state index in [-0.39, 0.29) is 0 Å². The van der Waals surface area contributed by atoms with Crippen LogP contribution in [0.2, 0.25) is 0 Å². The number of likely N-dealkylation sites (N-methyl/N-ethyl adjacent to an activating group) is 1. The predicted octanol–water partition coefficient (Wildman–Crippen LogP) is 1.62. The Morgan fingerprint density at radius 1 is 1.29 bits per heavy atom. The maximum atomic E-state index is 5.72. The Balaban J connectivity index is 2.32. The highest BCUT2D eigenvalue weighted by Crippen LogP contribution is 2.41. The number of hydrogen-bond donors (Lipinski definition) is 1. The molecule has 94 valence electrons. The summed E-state index contributed by atoms with van der Waals surface area (Å²) in [6, 6.07) is 4.01. The van der Waals surface area contributed by atoms with Crippen LogP contribution in [0.4, 0.5) is 0 Å². The van der Waals surface area contributed by atoms with Gasteiger partial charge in [0.25, 0.3) is 0 Å². The molecule has 4 heteroatoms. The van der Waals surface area contributed by atoms with Crippen LogP contribution in [0.3, 0.4) is 0 Å². The maximum absolute atomic E-state index is 5.72. The van der Waals surface area contributed by atoms with Crippen molar-refractivity contribution < 1.29 is 14.2 Å². The van der Waals surface area contributed by atoms with Crippen molar-refractivity contribution in [3.05, 3.63) is 17.7 Å². The van der Waals surface area contributed by atoms with Crippen LogP contribution in [0, 0.1) is 0 Å². The first-order valence-corrected chi connectivity index (χ1v) is 5.97. The number of methoxy groups -OCH3 is 1. The Bertz CT molecular complexity index is 379. The minimum Gasteiger partial charge on any atom is -0.492 e. The van der Waals surface area contributed by atoms with Crippen LogP contribution in [0.25, 0.3) is 0 Å². The van der Waals surface area contributed by atoms with Gasteiger partial charge in [0, 0.05) is 6.42 Å². The number of hydrogen-bond acceptors (Lipinski definition) is 4. The molecule has 0 radical (unpaired) electrons. The van der Waals surface area contributed by atoms with E-state index in [1.807, 2.05) is 19.2 Å². The molecule has 1 aliphatic heterocycles. The molecule has 17 heavy (non-hydrogen) atoms. The van der Waals surface area contributed by atoms with E-state index in [0.29, 0.717) is 13.2 Å². The molecule has 1 N–H and O–H groups in total. The molecule has 0 saturated carbocycles. The lowest BCUT2D eigenvalue weighted by atomic mass is 10.1. The lowest BCUT2D eigenvalue weighted by Crippen LogP contribution is -2.11. The van der Waals surface area contributed by atoms with Crippen molar-refractivity contribution in [1.82, 2.24) is 5.32 Å². The van der Waals surface area contributed by atoms with Gasteiger partial charge in [-0.25, -0.2) is 0 Å². The summed E-state index contributed by atoms with van der Waals surface area (Å²) < 4.78 is 16.8. The fraction of sp³-hybridized carbons (Fsp3) is 0.538. The summed E-state index contributed by atoms with van der Waals surface area (Å²) in [7, 11) is 3.61. The highest BCUT2D eigenvalue weighted by molar-refractivity contribution is 5.56. The second-order valence-electron chi connectivity index (χ2n) is 3.99. The first-order valence-electron chi connectivity index (χ1n) is 5.97. The summed E-state index contributed by atoms with van der Waals surface area (Å²) in [6.07, 6.45) is 1.82. The van der Waals surface area contributed by atoms with Crippen LogP contribution in [0.15, 0.2) is 12.1 Å². The molecule has 0 aromatic heterocycles. The molecule has 2 rings (SSSR count). The van der Waals surface area contributed by atoms with Crippen molar-refractivity contribution in [2.75, 3.05) is 33.9 Å². The van der Waals surface area contributed by atoms with Gasteiger partial charge in [0.15, 0.2) is 11.5 Å². The third-order valence-corrected chi connectivity index (χ3v) is 2.80. The minimum atomic E-state index is 0.679. The second kappa shape index (κ2) is 5.77. The van der Waals surface area contributed by atoms with Crippen molar-refractivity contribution in [1.29, 1.82) is 0 Å². The van der Waals surface area contributed by atoms with Gasteiger partial charge >= 0.3 is 0 Å². The quantitative estimate of drug-likeness (QED) is 0.863. The van der Waals surface area contributed by atoms with E-state index in [1.165, 1.54) is 0 Å². The zero-order chi connectivity index (χ0) is 12.1. The lowest BCUT2D eigenvalue weighted by molar-refractivity contribution is 0.288. The molecular weight excluding hydrogens is 218 g/mol. The SMILES string of the molecule is CNCCc1ccc2c(c1OC)OCCCO2. The van der Waals surface area contributed by atoms with Crippen molar-refractivity contribution in [3.8, 4) is 17.2 Å². The van der Waals surface area contributed by atoms with Crippen LogP contribution >= 0.6 is 0 Å². The zero-order valence-corrected chi connectivity index (χ0v) is 10.4. The van der Waals surface area contributed by atoms with Gasteiger partial charge in [0.05, 0.1) is 20.3 Å². The van der Waals surface area contributed by atoms with E-state index >= 15 is 0 Å². The number of ether oxygens (including phenoxy) is 3. The van der Waals surface area contributed by atoms with Crippen LogP contribution in [-0.4, -0.2) is 33.9 Å². The topological polar surface area (TPSA) is 39.7 Å². The maximum Gasteiger partial charge on any atom is 0.203 e. The van der Waals surface area contributed by atoms with Crippen molar-refractivity contribution >= 4 is 0 Å². The number of rotatable bonds is 4. The highest BCUT2D eigenvalue weighted by atomic mass is 16.5. The van der Waals surface area contributed by atoms with Gasteiger partial charge in [-0.2, -0.15) is 0 Å². The van der Waals surface area contributed by atoms with Crippen LogP contribution in [0.5, 0.6) is 17.2 Å². The van der Waals surface area contributed by atoms with Crippen LogP contribution in [0.1, 0.15) is 12.0 Å². The standard InChI is InChI=1S/C13H19NO3/c1-14-7-6-10-4-5-11-13(12(10)15-2)17-9-3-8-16-11/h4-5,14H,3,6-9H2,1-2H3. The van der Waals surface area contributed by atoms with E-state index in [1.54, 1.807) is 7.11 Å². The molecule has 0 amide bonds. The summed E-state index contributed by atoms with van der Waals surface area (Å²) in [4.78, 5) is 0. The molecule has 1 heterocycles. The van der Waals surface area contributed by atoms with E-state index in [0.717, 1.165) is 42.2 Å². The second-order valence-corrected chi connectivity index (χ2v) is 3.99. The van der Waals surface area contributed by atoms with Crippen LogP contribution in [-0.2, 0) is 6.42 Å². The molecule has 0 unspecified atom stereocenters. The van der Waals surface area contributed by atoms with E-state index in [9.17, 15) is 0 Å². The largest absolute Gasteiger partial charge is 0.492 e. The molecule has 4 nitrogen and oxygen atoms in total. The van der Waals surface area contributed by atoms with Crippen molar-refractivity contribution in [3.63, 3.8) is 0 Å². The molecule has 0 atom stereocenters. The molecule has 0 fully saturated rings. The summed E-state index contributed by atoms with van der Waals surface area (Å²) >= 11 is 0. The first kappa shape index (κ1) is 12.0. The van der Waals surface area contributed by atoms with E-state index < -0.39 is 0 Å². The Morgan fingerprint density at radius 3 is 2.88 bits per heavy atom. The van der Waals surface area contributed by atoms with Crippen molar-refractivity contribution in [2.24, 2.45) is 0 Å². The van der Waals surface area contributed by atoms with Crippen LogP contribution < -0.4 is 19.5 Å². The number of fused-ring (bicyclic) bond motifs is 1. The fourth-order valence-electron chi connectivity index (χ4n) is 1.93. The Labute approximate surface area is 102 Å². The van der Waals surface area contributed by atoms with E-state index in [2.05, 4.69) is 5.32 Å². The summed E-state index contributed by atoms with van der Waals surface area (Å²) in [5.41, 5.74) is 1.14. The van der Waals surface area contributed by atoms with Gasteiger partial charge in [-0.05, 0) is 31.6 Å². The number of nitrogens with one attached hydrogen (secondary N) is 1. The van der Waals surface area contributed by atoms with Gasteiger partial charge in [0.1, 0.15) is 0 Å².